The molecule has 3 nitrogen and oxygen atoms in total. The van der Waals surface area contributed by atoms with Crippen LogP contribution >= 0.6 is 0 Å². The van der Waals surface area contributed by atoms with Crippen molar-refractivity contribution in [3.8, 4) is 0 Å². The van der Waals surface area contributed by atoms with Crippen LogP contribution in [0.2, 0.25) is 0 Å². The summed E-state index contributed by atoms with van der Waals surface area (Å²) in [6.07, 6.45) is 0.926. The van der Waals surface area contributed by atoms with Crippen molar-refractivity contribution in [2.75, 3.05) is 0 Å². The minimum absolute atomic E-state index is 0.0435. The monoisotopic (exact) mass is 215 g/mol. The van der Waals surface area contributed by atoms with E-state index in [-0.39, 0.29) is 18.1 Å². The van der Waals surface area contributed by atoms with Crippen molar-refractivity contribution in [2.24, 2.45) is 5.92 Å². The van der Waals surface area contributed by atoms with Gasteiger partial charge in [-0.15, -0.1) is 0 Å². The molecular formula is C12H25NO2. The van der Waals surface area contributed by atoms with Crippen LogP contribution in [-0.4, -0.2) is 24.2 Å². The highest BCUT2D eigenvalue weighted by Crippen LogP contribution is 2.11. The highest BCUT2D eigenvalue weighted by Gasteiger charge is 2.26. The summed E-state index contributed by atoms with van der Waals surface area (Å²) < 4.78 is 5.23. The number of hydrogen-bond acceptors (Lipinski definition) is 3. The molecule has 0 aromatic rings. The summed E-state index contributed by atoms with van der Waals surface area (Å²) in [4.78, 5) is 11.8. The lowest BCUT2D eigenvalue weighted by Gasteiger charge is -2.25. The second-order valence-corrected chi connectivity index (χ2v) is 4.67. The van der Waals surface area contributed by atoms with Crippen molar-refractivity contribution in [1.82, 2.24) is 5.32 Å². The van der Waals surface area contributed by atoms with Crippen molar-refractivity contribution < 1.29 is 9.53 Å². The summed E-state index contributed by atoms with van der Waals surface area (Å²) in [5.41, 5.74) is 0. The van der Waals surface area contributed by atoms with Crippen LogP contribution in [0.5, 0.6) is 0 Å². The average molecular weight is 215 g/mol. The van der Waals surface area contributed by atoms with E-state index in [9.17, 15) is 4.79 Å². The molecule has 3 heteroatoms. The summed E-state index contributed by atoms with van der Waals surface area (Å²) >= 11 is 0. The van der Waals surface area contributed by atoms with Crippen molar-refractivity contribution in [2.45, 2.75) is 66.2 Å². The van der Waals surface area contributed by atoms with Gasteiger partial charge in [0.25, 0.3) is 0 Å². The molecule has 0 saturated heterocycles. The largest absolute Gasteiger partial charge is 0.462 e. The number of hydrogen-bond donors (Lipinski definition) is 1. The summed E-state index contributed by atoms with van der Waals surface area (Å²) in [6, 6.07) is 0.112. The second-order valence-electron chi connectivity index (χ2n) is 4.67. The Balaban J connectivity index is 4.40. The summed E-state index contributed by atoms with van der Waals surface area (Å²) in [5, 5.41) is 3.26. The summed E-state index contributed by atoms with van der Waals surface area (Å²) in [7, 11) is 0. The Hall–Kier alpha value is -0.570. The van der Waals surface area contributed by atoms with Gasteiger partial charge in [-0.1, -0.05) is 34.1 Å². The molecule has 0 unspecified atom stereocenters. The van der Waals surface area contributed by atoms with Gasteiger partial charge in [0.1, 0.15) is 6.04 Å². The zero-order valence-corrected chi connectivity index (χ0v) is 10.8. The normalized spacial score (nSPS) is 15.5. The first-order chi connectivity index (χ1) is 6.88. The fourth-order valence-electron chi connectivity index (χ4n) is 1.37. The molecule has 1 N–H and O–H groups in total. The van der Waals surface area contributed by atoms with Gasteiger partial charge < -0.3 is 10.1 Å². The smallest absolute Gasteiger partial charge is 0.323 e. The third-order valence-electron chi connectivity index (χ3n) is 2.33. The van der Waals surface area contributed by atoms with Gasteiger partial charge in [0, 0.05) is 6.04 Å². The van der Waals surface area contributed by atoms with Gasteiger partial charge in [-0.3, -0.25) is 4.79 Å². The number of rotatable bonds is 6. The van der Waals surface area contributed by atoms with Crippen molar-refractivity contribution in [1.29, 1.82) is 0 Å². The highest BCUT2D eigenvalue weighted by atomic mass is 16.5. The van der Waals surface area contributed by atoms with E-state index >= 15 is 0 Å². The number of nitrogens with one attached hydrogen (secondary N) is 1. The number of carbonyl (C=O) groups excluding carboxylic acids is 1. The quantitative estimate of drug-likeness (QED) is 0.691. The van der Waals surface area contributed by atoms with E-state index in [4.69, 9.17) is 4.74 Å². The molecule has 0 spiro atoms. The van der Waals surface area contributed by atoms with Crippen LogP contribution in [0, 0.1) is 5.92 Å². The number of esters is 1. The fraction of sp³-hybridized carbons (Fsp3) is 0.917. The predicted octanol–water partition coefficient (Wildman–Crippen LogP) is 2.35. The predicted molar refractivity (Wildman–Crippen MR) is 62.7 cm³/mol. The molecule has 0 bridgehead atoms. The van der Waals surface area contributed by atoms with Crippen LogP contribution in [0.15, 0.2) is 0 Å². The van der Waals surface area contributed by atoms with Gasteiger partial charge >= 0.3 is 5.97 Å². The summed E-state index contributed by atoms with van der Waals surface area (Å²) in [5.74, 6) is 0.173. The maximum absolute atomic E-state index is 11.8. The molecule has 0 aromatic heterocycles. The lowest BCUT2D eigenvalue weighted by molar-refractivity contribution is -0.151. The van der Waals surface area contributed by atoms with Gasteiger partial charge in [0.2, 0.25) is 0 Å². The highest BCUT2D eigenvalue weighted by molar-refractivity contribution is 5.76. The molecule has 0 aromatic carbocycles. The van der Waals surface area contributed by atoms with Crippen LogP contribution in [-0.2, 0) is 9.53 Å². The zero-order valence-electron chi connectivity index (χ0n) is 10.8. The Morgan fingerprint density at radius 3 is 2.07 bits per heavy atom. The van der Waals surface area contributed by atoms with E-state index in [1.807, 2.05) is 27.7 Å². The summed E-state index contributed by atoms with van der Waals surface area (Å²) in [6.45, 7) is 12.0. The average Bonchev–Trinajstić information content (AvgIpc) is 2.11. The standard InChI is InChI=1S/C12H25NO2/c1-7-10(6)11(13-8(2)3)12(14)15-9(4)5/h8-11,13H,7H2,1-6H3/t10-,11-/m0/s1. The van der Waals surface area contributed by atoms with Crippen LogP contribution in [0.3, 0.4) is 0 Å². The van der Waals surface area contributed by atoms with Crippen molar-refractivity contribution >= 4 is 5.97 Å². The molecule has 0 aliphatic carbocycles. The Labute approximate surface area is 93.6 Å². The maximum Gasteiger partial charge on any atom is 0.323 e. The van der Waals surface area contributed by atoms with E-state index in [0.29, 0.717) is 12.0 Å². The maximum atomic E-state index is 11.8. The molecular weight excluding hydrogens is 190 g/mol. The number of carbonyl (C=O) groups is 1. The van der Waals surface area contributed by atoms with Crippen LogP contribution in [0.25, 0.3) is 0 Å². The van der Waals surface area contributed by atoms with Gasteiger partial charge in [-0.25, -0.2) is 0 Å². The lowest BCUT2D eigenvalue weighted by atomic mass is 9.98. The van der Waals surface area contributed by atoms with Gasteiger partial charge in [-0.05, 0) is 19.8 Å². The minimum atomic E-state index is -0.183. The second kappa shape index (κ2) is 6.83. The third kappa shape index (κ3) is 5.78. The third-order valence-corrected chi connectivity index (χ3v) is 2.33. The van der Waals surface area contributed by atoms with Gasteiger partial charge in [0.05, 0.1) is 6.10 Å². The number of ether oxygens (including phenoxy) is 1. The molecule has 15 heavy (non-hydrogen) atoms. The molecule has 0 fully saturated rings. The molecule has 0 aliphatic heterocycles. The van der Waals surface area contributed by atoms with E-state index in [0.717, 1.165) is 6.42 Å². The zero-order chi connectivity index (χ0) is 12.0. The molecule has 90 valence electrons. The van der Waals surface area contributed by atoms with Crippen LogP contribution < -0.4 is 5.32 Å². The van der Waals surface area contributed by atoms with Crippen LogP contribution in [0.1, 0.15) is 48.0 Å². The first kappa shape index (κ1) is 14.4. The molecule has 0 rings (SSSR count). The molecule has 0 heterocycles. The van der Waals surface area contributed by atoms with Crippen LogP contribution in [0.4, 0.5) is 0 Å². The SMILES string of the molecule is CC[C@H](C)[C@H](NC(C)C)C(=O)OC(C)C. The van der Waals surface area contributed by atoms with E-state index in [1.165, 1.54) is 0 Å². The van der Waals surface area contributed by atoms with E-state index in [2.05, 4.69) is 19.2 Å². The lowest BCUT2D eigenvalue weighted by Crippen LogP contribution is -2.46. The first-order valence-corrected chi connectivity index (χ1v) is 5.85. The Morgan fingerprint density at radius 1 is 1.20 bits per heavy atom. The van der Waals surface area contributed by atoms with Gasteiger partial charge in [-0.2, -0.15) is 0 Å². The minimum Gasteiger partial charge on any atom is -0.462 e. The van der Waals surface area contributed by atoms with Crippen molar-refractivity contribution in [3.05, 3.63) is 0 Å². The van der Waals surface area contributed by atoms with Crippen molar-refractivity contribution in [3.63, 3.8) is 0 Å². The molecule has 0 amide bonds. The van der Waals surface area contributed by atoms with Gasteiger partial charge in [0.15, 0.2) is 0 Å². The molecule has 2 atom stereocenters. The Kier molecular flexibility index (Phi) is 6.57. The Bertz CT molecular complexity index is 190. The fourth-order valence-corrected chi connectivity index (χ4v) is 1.37. The molecule has 0 radical (unpaired) electrons. The molecule has 0 aliphatic rings. The molecule has 0 saturated carbocycles. The topological polar surface area (TPSA) is 38.3 Å². The van der Waals surface area contributed by atoms with E-state index < -0.39 is 0 Å². The first-order valence-electron chi connectivity index (χ1n) is 5.85. The Morgan fingerprint density at radius 2 is 1.73 bits per heavy atom. The van der Waals surface area contributed by atoms with E-state index in [1.54, 1.807) is 0 Å².